The maximum Gasteiger partial charge on any atom is 0.128 e. The van der Waals surface area contributed by atoms with Crippen LogP contribution in [-0.2, 0) is 0 Å². The summed E-state index contributed by atoms with van der Waals surface area (Å²) in [7, 11) is 2.01. The Morgan fingerprint density at radius 2 is 2.13 bits per heavy atom. The van der Waals surface area contributed by atoms with Gasteiger partial charge in [0, 0.05) is 24.8 Å². The van der Waals surface area contributed by atoms with E-state index >= 15 is 0 Å². The summed E-state index contributed by atoms with van der Waals surface area (Å²) in [4.78, 5) is 6.97. The van der Waals surface area contributed by atoms with E-state index in [0.29, 0.717) is 12.0 Å². The molecule has 3 nitrogen and oxygen atoms in total. The maximum absolute atomic E-state index is 4.66. The lowest BCUT2D eigenvalue weighted by Crippen LogP contribution is -2.57. The molecule has 0 unspecified atom stereocenters. The van der Waals surface area contributed by atoms with Crippen molar-refractivity contribution in [1.82, 2.24) is 10.3 Å². The van der Waals surface area contributed by atoms with Crippen molar-refractivity contribution in [2.24, 2.45) is 0 Å². The van der Waals surface area contributed by atoms with E-state index in [1.807, 2.05) is 7.05 Å². The van der Waals surface area contributed by atoms with E-state index in [9.17, 15) is 0 Å². The Labute approximate surface area is 91.5 Å². The van der Waals surface area contributed by atoms with Gasteiger partial charge >= 0.3 is 0 Å². The number of nitrogens with one attached hydrogen (secondary N) is 1. The monoisotopic (exact) mass is 205 g/mol. The van der Waals surface area contributed by atoms with E-state index in [0.717, 1.165) is 18.9 Å². The summed E-state index contributed by atoms with van der Waals surface area (Å²) in [5, 5.41) is 3.27. The molecule has 0 spiro atoms. The van der Waals surface area contributed by atoms with E-state index in [1.54, 1.807) is 0 Å². The smallest absolute Gasteiger partial charge is 0.128 e. The number of aromatic nitrogens is 1. The zero-order valence-corrected chi connectivity index (χ0v) is 9.70. The Balaban J connectivity index is 2.06. The predicted molar refractivity (Wildman–Crippen MR) is 63.4 cm³/mol. The summed E-state index contributed by atoms with van der Waals surface area (Å²) in [6.07, 6.45) is 0. The van der Waals surface area contributed by atoms with Crippen LogP contribution >= 0.6 is 0 Å². The van der Waals surface area contributed by atoms with Gasteiger partial charge in [0.05, 0.1) is 0 Å². The van der Waals surface area contributed by atoms with Gasteiger partial charge in [0.1, 0.15) is 5.82 Å². The molecular formula is C12H19N3. The van der Waals surface area contributed by atoms with Gasteiger partial charge in [-0.3, -0.25) is 0 Å². The molecule has 3 heteroatoms. The Hall–Kier alpha value is -1.09. The summed E-state index contributed by atoms with van der Waals surface area (Å²) >= 11 is 0. The lowest BCUT2D eigenvalue weighted by molar-refractivity contribution is 0.446. The molecule has 1 aromatic heterocycles. The molecule has 1 aliphatic heterocycles. The number of likely N-dealkylation sites (N-methyl/N-ethyl adjacent to an activating group) is 1. The Kier molecular flexibility index (Phi) is 2.91. The molecule has 1 aliphatic rings. The van der Waals surface area contributed by atoms with Crippen molar-refractivity contribution < 1.29 is 0 Å². The third kappa shape index (κ3) is 2.12. The van der Waals surface area contributed by atoms with Crippen molar-refractivity contribution in [3.63, 3.8) is 0 Å². The second-order valence-electron chi connectivity index (χ2n) is 4.47. The third-order valence-electron chi connectivity index (χ3n) is 2.96. The SMILES string of the molecule is CNC1CN(c2cccc(C(C)C)n2)C1. The summed E-state index contributed by atoms with van der Waals surface area (Å²) < 4.78 is 0. The number of hydrogen-bond acceptors (Lipinski definition) is 3. The Morgan fingerprint density at radius 1 is 1.40 bits per heavy atom. The second kappa shape index (κ2) is 4.19. The molecule has 0 amide bonds. The van der Waals surface area contributed by atoms with Crippen molar-refractivity contribution >= 4 is 5.82 Å². The summed E-state index contributed by atoms with van der Waals surface area (Å²) in [5.74, 6) is 1.62. The molecule has 15 heavy (non-hydrogen) atoms. The van der Waals surface area contributed by atoms with Crippen molar-refractivity contribution in [2.45, 2.75) is 25.8 Å². The van der Waals surface area contributed by atoms with Crippen molar-refractivity contribution in [3.8, 4) is 0 Å². The molecule has 82 valence electrons. The van der Waals surface area contributed by atoms with Crippen molar-refractivity contribution in [2.75, 3.05) is 25.0 Å². The van der Waals surface area contributed by atoms with E-state index in [1.165, 1.54) is 5.69 Å². The van der Waals surface area contributed by atoms with Gasteiger partial charge in [-0.2, -0.15) is 0 Å². The van der Waals surface area contributed by atoms with Gasteiger partial charge in [0.15, 0.2) is 0 Å². The lowest BCUT2D eigenvalue weighted by atomic mass is 10.1. The molecule has 1 aromatic rings. The minimum absolute atomic E-state index is 0.506. The Bertz CT molecular complexity index is 329. The van der Waals surface area contributed by atoms with Crippen LogP contribution in [-0.4, -0.2) is 31.2 Å². The average Bonchev–Trinajstić information content (AvgIpc) is 2.16. The Morgan fingerprint density at radius 3 is 2.73 bits per heavy atom. The van der Waals surface area contributed by atoms with Gasteiger partial charge in [0.25, 0.3) is 0 Å². The zero-order chi connectivity index (χ0) is 10.8. The van der Waals surface area contributed by atoms with Crippen LogP contribution in [0.2, 0.25) is 0 Å². The highest BCUT2D eigenvalue weighted by atomic mass is 15.3. The van der Waals surface area contributed by atoms with E-state index in [4.69, 9.17) is 0 Å². The minimum atomic E-state index is 0.506. The van der Waals surface area contributed by atoms with Crippen LogP contribution in [0.25, 0.3) is 0 Å². The number of rotatable bonds is 3. The quantitative estimate of drug-likeness (QED) is 0.812. The van der Waals surface area contributed by atoms with Crippen molar-refractivity contribution in [3.05, 3.63) is 23.9 Å². The van der Waals surface area contributed by atoms with E-state index in [2.05, 4.69) is 47.2 Å². The zero-order valence-electron chi connectivity index (χ0n) is 9.70. The summed E-state index contributed by atoms with van der Waals surface area (Å²) in [6.45, 7) is 6.51. The number of anilines is 1. The van der Waals surface area contributed by atoms with Crippen molar-refractivity contribution in [1.29, 1.82) is 0 Å². The molecule has 1 N–H and O–H groups in total. The van der Waals surface area contributed by atoms with Crippen LogP contribution in [0.15, 0.2) is 18.2 Å². The van der Waals surface area contributed by atoms with Crippen LogP contribution in [0.5, 0.6) is 0 Å². The van der Waals surface area contributed by atoms with Gasteiger partial charge in [-0.25, -0.2) is 4.98 Å². The minimum Gasteiger partial charge on any atom is -0.353 e. The first-order valence-electron chi connectivity index (χ1n) is 5.60. The summed E-state index contributed by atoms with van der Waals surface area (Å²) in [5.41, 5.74) is 1.18. The topological polar surface area (TPSA) is 28.2 Å². The molecule has 0 aromatic carbocycles. The van der Waals surface area contributed by atoms with Crippen LogP contribution in [0.3, 0.4) is 0 Å². The molecule has 0 saturated carbocycles. The molecule has 1 saturated heterocycles. The first-order chi connectivity index (χ1) is 7.20. The van der Waals surface area contributed by atoms with Crippen LogP contribution in [0.1, 0.15) is 25.5 Å². The largest absolute Gasteiger partial charge is 0.353 e. The van der Waals surface area contributed by atoms with E-state index < -0.39 is 0 Å². The van der Waals surface area contributed by atoms with Crippen LogP contribution < -0.4 is 10.2 Å². The van der Waals surface area contributed by atoms with Gasteiger partial charge in [-0.1, -0.05) is 19.9 Å². The molecule has 2 heterocycles. The van der Waals surface area contributed by atoms with E-state index in [-0.39, 0.29) is 0 Å². The molecule has 1 fully saturated rings. The number of nitrogens with zero attached hydrogens (tertiary/aromatic N) is 2. The fraction of sp³-hybridized carbons (Fsp3) is 0.583. The second-order valence-corrected chi connectivity index (χ2v) is 4.47. The maximum atomic E-state index is 4.66. The first-order valence-corrected chi connectivity index (χ1v) is 5.60. The van der Waals surface area contributed by atoms with Gasteiger partial charge in [-0.15, -0.1) is 0 Å². The predicted octanol–water partition coefficient (Wildman–Crippen LogP) is 1.61. The molecule has 0 aliphatic carbocycles. The standard InChI is InChI=1S/C12H19N3/c1-9(2)11-5-4-6-12(14-11)15-7-10(8-15)13-3/h4-6,9-10,13H,7-8H2,1-3H3. The number of pyridine rings is 1. The lowest BCUT2D eigenvalue weighted by Gasteiger charge is -2.40. The van der Waals surface area contributed by atoms with Crippen LogP contribution in [0.4, 0.5) is 5.82 Å². The van der Waals surface area contributed by atoms with Gasteiger partial charge in [0.2, 0.25) is 0 Å². The highest BCUT2D eigenvalue weighted by Crippen LogP contribution is 2.21. The molecule has 0 radical (unpaired) electrons. The highest BCUT2D eigenvalue weighted by molar-refractivity contribution is 5.43. The fourth-order valence-electron chi connectivity index (χ4n) is 1.79. The molecular weight excluding hydrogens is 186 g/mol. The van der Waals surface area contributed by atoms with Gasteiger partial charge < -0.3 is 10.2 Å². The van der Waals surface area contributed by atoms with Crippen LogP contribution in [0, 0.1) is 0 Å². The van der Waals surface area contributed by atoms with Gasteiger partial charge in [-0.05, 0) is 25.1 Å². The number of hydrogen-bond donors (Lipinski definition) is 1. The first kappa shape index (κ1) is 10.4. The third-order valence-corrected chi connectivity index (χ3v) is 2.96. The molecule has 0 atom stereocenters. The summed E-state index contributed by atoms with van der Waals surface area (Å²) in [6, 6.07) is 6.93. The average molecular weight is 205 g/mol. The molecule has 0 bridgehead atoms. The fourth-order valence-corrected chi connectivity index (χ4v) is 1.79. The normalized spacial score (nSPS) is 16.9. The highest BCUT2D eigenvalue weighted by Gasteiger charge is 2.26. The molecule has 2 rings (SSSR count).